The quantitative estimate of drug-likeness (QED) is 0.158. The van der Waals surface area contributed by atoms with Gasteiger partial charge in [-0.1, -0.05) is 58.7 Å². The summed E-state index contributed by atoms with van der Waals surface area (Å²) in [7, 11) is 0. The molecule has 1 heterocycles. The molecule has 0 aliphatic rings. The number of para-hydroxylation sites is 1. The lowest BCUT2D eigenvalue weighted by Crippen LogP contribution is -2.59. The third-order valence-electron chi connectivity index (χ3n) is 7.33. The van der Waals surface area contributed by atoms with Crippen LogP contribution in [0.25, 0.3) is 10.9 Å². The van der Waals surface area contributed by atoms with Crippen molar-refractivity contribution in [1.29, 1.82) is 0 Å². The zero-order chi connectivity index (χ0) is 30.0. The summed E-state index contributed by atoms with van der Waals surface area (Å²) in [6.07, 6.45) is 2.71. The molecule has 0 aliphatic carbocycles. The van der Waals surface area contributed by atoms with Gasteiger partial charge in [0.05, 0.1) is 6.04 Å². The van der Waals surface area contributed by atoms with Crippen molar-refractivity contribution in [2.24, 2.45) is 23.3 Å². The molecule has 9 N–H and O–H groups in total. The number of benzene rings is 1. The molecule has 40 heavy (non-hydrogen) atoms. The number of hydrogen-bond donors (Lipinski definition) is 7. The maximum absolute atomic E-state index is 13.4. The van der Waals surface area contributed by atoms with Gasteiger partial charge in [0.2, 0.25) is 23.6 Å². The summed E-state index contributed by atoms with van der Waals surface area (Å²) in [5.74, 6) is -4.53. The van der Waals surface area contributed by atoms with E-state index in [1.54, 1.807) is 27.0 Å². The highest BCUT2D eigenvalue weighted by atomic mass is 16.4. The largest absolute Gasteiger partial charge is 0.480 e. The molecule has 12 heteroatoms. The molecule has 0 fully saturated rings. The lowest BCUT2D eigenvalue weighted by Gasteiger charge is -2.28. The van der Waals surface area contributed by atoms with Crippen molar-refractivity contribution in [2.45, 2.75) is 84.0 Å². The molecule has 0 saturated heterocycles. The number of carboxylic acid groups (broad SMARTS) is 1. The zero-order valence-corrected chi connectivity index (χ0v) is 23.5. The molecule has 1 aromatic carbocycles. The third kappa shape index (κ3) is 8.80. The highest BCUT2D eigenvalue weighted by Crippen LogP contribution is 2.19. The summed E-state index contributed by atoms with van der Waals surface area (Å²) in [4.78, 5) is 65.8. The second kappa shape index (κ2) is 15.0. The van der Waals surface area contributed by atoms with Crippen LogP contribution in [0.2, 0.25) is 0 Å². The van der Waals surface area contributed by atoms with E-state index in [0.717, 1.165) is 16.5 Å². The maximum atomic E-state index is 13.4. The van der Waals surface area contributed by atoms with Gasteiger partial charge < -0.3 is 37.5 Å². The van der Waals surface area contributed by atoms with Crippen molar-refractivity contribution in [3.8, 4) is 0 Å². The summed E-state index contributed by atoms with van der Waals surface area (Å²) >= 11 is 0. The van der Waals surface area contributed by atoms with Gasteiger partial charge in [-0.05, 0) is 36.3 Å². The summed E-state index contributed by atoms with van der Waals surface area (Å²) in [6, 6.07) is 3.23. The molecule has 6 atom stereocenters. The number of amides is 4. The number of primary amides is 1. The topological polar surface area (TPSA) is 209 Å². The highest BCUT2D eigenvalue weighted by molar-refractivity contribution is 5.95. The van der Waals surface area contributed by atoms with E-state index in [2.05, 4.69) is 20.9 Å². The van der Waals surface area contributed by atoms with Crippen LogP contribution in [0, 0.1) is 11.8 Å². The monoisotopic (exact) mass is 558 g/mol. The van der Waals surface area contributed by atoms with E-state index in [-0.39, 0.29) is 31.1 Å². The fourth-order valence-corrected chi connectivity index (χ4v) is 4.35. The number of aromatic amines is 1. The molecule has 12 nitrogen and oxygen atoms in total. The number of carbonyl (C=O) groups excluding carboxylic acids is 4. The third-order valence-corrected chi connectivity index (χ3v) is 7.33. The first kappa shape index (κ1) is 32.3. The number of carboxylic acids is 1. The van der Waals surface area contributed by atoms with Gasteiger partial charge in [0, 0.05) is 23.5 Å². The molecular formula is C28H42N6O6. The fourth-order valence-electron chi connectivity index (χ4n) is 4.35. The van der Waals surface area contributed by atoms with Crippen LogP contribution in [-0.4, -0.2) is 63.9 Å². The van der Waals surface area contributed by atoms with Gasteiger partial charge in [-0.15, -0.1) is 0 Å². The smallest absolute Gasteiger partial charge is 0.326 e. The number of aromatic nitrogens is 1. The van der Waals surface area contributed by atoms with Gasteiger partial charge in [-0.25, -0.2) is 4.79 Å². The van der Waals surface area contributed by atoms with E-state index in [4.69, 9.17) is 11.5 Å². The number of rotatable bonds is 16. The minimum Gasteiger partial charge on any atom is -0.480 e. The molecule has 0 aliphatic heterocycles. The molecule has 0 saturated carbocycles. The van der Waals surface area contributed by atoms with Gasteiger partial charge in [0.1, 0.15) is 18.1 Å². The van der Waals surface area contributed by atoms with Gasteiger partial charge in [0.25, 0.3) is 0 Å². The number of hydrogen-bond acceptors (Lipinski definition) is 6. The molecule has 6 unspecified atom stereocenters. The van der Waals surface area contributed by atoms with Gasteiger partial charge >= 0.3 is 5.97 Å². The lowest BCUT2D eigenvalue weighted by molar-refractivity contribution is -0.144. The molecule has 0 bridgehead atoms. The first-order valence-corrected chi connectivity index (χ1v) is 13.6. The van der Waals surface area contributed by atoms with Crippen LogP contribution in [0.3, 0.4) is 0 Å². The Kier molecular flexibility index (Phi) is 12.1. The van der Waals surface area contributed by atoms with E-state index < -0.39 is 53.8 Å². The molecule has 1 aromatic heterocycles. The molecule has 0 radical (unpaired) electrons. The van der Waals surface area contributed by atoms with Crippen LogP contribution in [0.4, 0.5) is 0 Å². The van der Waals surface area contributed by atoms with E-state index >= 15 is 0 Å². The zero-order valence-electron chi connectivity index (χ0n) is 23.5. The fraction of sp³-hybridized carbons (Fsp3) is 0.536. The number of nitrogens with one attached hydrogen (secondary N) is 4. The normalized spacial score (nSPS) is 15.7. The first-order valence-electron chi connectivity index (χ1n) is 13.6. The Bertz CT molecular complexity index is 1200. The van der Waals surface area contributed by atoms with Crippen LogP contribution in [0.5, 0.6) is 0 Å². The molecule has 2 rings (SSSR count). The predicted octanol–water partition coefficient (Wildman–Crippen LogP) is 0.934. The molecule has 0 spiro atoms. The molecule has 2 aromatic rings. The van der Waals surface area contributed by atoms with Crippen molar-refractivity contribution < 1.29 is 29.1 Å². The van der Waals surface area contributed by atoms with Gasteiger partial charge in [0.15, 0.2) is 0 Å². The second-order valence-corrected chi connectivity index (χ2v) is 10.3. The Balaban J connectivity index is 2.18. The van der Waals surface area contributed by atoms with E-state index in [1.165, 1.54) is 0 Å². The van der Waals surface area contributed by atoms with Crippen molar-refractivity contribution in [2.75, 3.05) is 0 Å². The van der Waals surface area contributed by atoms with E-state index in [9.17, 15) is 29.1 Å². The predicted molar refractivity (Wildman–Crippen MR) is 151 cm³/mol. The number of nitrogens with two attached hydrogens (primary N) is 2. The maximum Gasteiger partial charge on any atom is 0.326 e. The SMILES string of the molecule is CCC(C)C(NC(=O)C(CCC(N)=O)NC(=O)C(NC(=O)C(N)Cc1c[nH]c2ccccc12)C(C)CC)C(=O)O. The van der Waals surface area contributed by atoms with Crippen molar-refractivity contribution in [3.05, 3.63) is 36.0 Å². The van der Waals surface area contributed by atoms with E-state index in [1.807, 2.05) is 31.2 Å². The number of carbonyl (C=O) groups is 5. The highest BCUT2D eigenvalue weighted by Gasteiger charge is 2.33. The Labute approximate surface area is 234 Å². The Morgan fingerprint density at radius 1 is 0.900 bits per heavy atom. The minimum absolute atomic E-state index is 0.138. The summed E-state index contributed by atoms with van der Waals surface area (Å²) in [5.41, 5.74) is 13.3. The Hall–Kier alpha value is -3.93. The van der Waals surface area contributed by atoms with Gasteiger partial charge in [-0.3, -0.25) is 19.2 Å². The van der Waals surface area contributed by atoms with Crippen LogP contribution in [0.1, 0.15) is 58.9 Å². The van der Waals surface area contributed by atoms with Crippen molar-refractivity contribution >= 4 is 40.5 Å². The van der Waals surface area contributed by atoms with Crippen LogP contribution in [-0.2, 0) is 30.4 Å². The Morgan fingerprint density at radius 3 is 2.10 bits per heavy atom. The molecular weight excluding hydrogens is 516 g/mol. The summed E-state index contributed by atoms with van der Waals surface area (Å²) in [6.45, 7) is 7.10. The lowest BCUT2D eigenvalue weighted by atomic mass is 9.96. The average molecular weight is 559 g/mol. The number of fused-ring (bicyclic) bond motifs is 1. The first-order chi connectivity index (χ1) is 18.9. The number of aliphatic carboxylic acids is 1. The van der Waals surface area contributed by atoms with Crippen LogP contribution >= 0.6 is 0 Å². The van der Waals surface area contributed by atoms with Crippen molar-refractivity contribution in [3.63, 3.8) is 0 Å². The standard InChI is InChI=1S/C28H42N6O6/c1-5-15(3)23(33-25(36)19(29)13-17-14-31-20-10-8-7-9-18(17)20)27(38)32-21(11-12-22(30)35)26(37)34-24(28(39)40)16(4)6-2/h7-10,14-16,19,21,23-24,31H,5-6,11-13,29H2,1-4H3,(H2,30,35)(H,32,38)(H,33,36)(H,34,37)(H,39,40). The molecule has 220 valence electrons. The molecule has 4 amide bonds. The second-order valence-electron chi connectivity index (χ2n) is 10.3. The number of H-pyrrole nitrogens is 1. The van der Waals surface area contributed by atoms with Crippen LogP contribution < -0.4 is 27.4 Å². The van der Waals surface area contributed by atoms with Gasteiger partial charge in [-0.2, -0.15) is 0 Å². The van der Waals surface area contributed by atoms with E-state index in [0.29, 0.717) is 12.8 Å². The summed E-state index contributed by atoms with van der Waals surface area (Å²) in [5, 5.41) is 18.3. The van der Waals surface area contributed by atoms with Crippen molar-refractivity contribution in [1.82, 2.24) is 20.9 Å². The summed E-state index contributed by atoms with van der Waals surface area (Å²) < 4.78 is 0. The average Bonchev–Trinajstić information content (AvgIpc) is 3.33. The Morgan fingerprint density at radius 2 is 1.50 bits per heavy atom. The van der Waals surface area contributed by atoms with Crippen LogP contribution in [0.15, 0.2) is 30.5 Å². The minimum atomic E-state index is -1.24.